The summed E-state index contributed by atoms with van der Waals surface area (Å²) in [6.45, 7) is -0.563. The highest BCUT2D eigenvalue weighted by atomic mass is 35.5. The van der Waals surface area contributed by atoms with Crippen molar-refractivity contribution in [3.05, 3.63) is 56.3 Å². The average molecular weight is 407 g/mol. The molecule has 11 heteroatoms. The van der Waals surface area contributed by atoms with Crippen LogP contribution >= 0.6 is 11.6 Å². The Morgan fingerprint density at radius 1 is 1.18 bits per heavy atom. The molecular formula is C17H15ClN4O6. The maximum atomic E-state index is 12.5. The summed E-state index contributed by atoms with van der Waals surface area (Å²) in [7, 11) is 0. The molecule has 0 saturated carbocycles. The molecule has 0 spiro atoms. The van der Waals surface area contributed by atoms with E-state index in [1.54, 1.807) is 24.3 Å². The molecule has 0 bridgehead atoms. The van der Waals surface area contributed by atoms with Crippen molar-refractivity contribution in [3.8, 4) is 11.3 Å². The van der Waals surface area contributed by atoms with Crippen LogP contribution in [0.1, 0.15) is 6.23 Å². The van der Waals surface area contributed by atoms with Gasteiger partial charge in [-0.3, -0.25) is 9.78 Å². The van der Waals surface area contributed by atoms with Crippen molar-refractivity contribution >= 4 is 22.8 Å². The Bertz CT molecular complexity index is 1150. The minimum Gasteiger partial charge on any atom is -0.394 e. The molecule has 146 valence electrons. The van der Waals surface area contributed by atoms with Crippen LogP contribution in [0.4, 0.5) is 0 Å². The summed E-state index contributed by atoms with van der Waals surface area (Å²) in [6.07, 6.45) is -4.04. The minimum absolute atomic E-state index is 0.129. The molecule has 3 aromatic rings. The third-order valence-corrected chi connectivity index (χ3v) is 4.80. The lowest BCUT2D eigenvalue weighted by molar-refractivity contribution is -0.0530. The summed E-state index contributed by atoms with van der Waals surface area (Å²) in [6, 6.07) is 6.69. The molecule has 1 aromatic carbocycles. The summed E-state index contributed by atoms with van der Waals surface area (Å²) in [5, 5.41) is 30.1. The van der Waals surface area contributed by atoms with Crippen LogP contribution in [0.15, 0.2) is 40.1 Å². The third kappa shape index (κ3) is 3.01. The predicted octanol–water partition coefficient (Wildman–Crippen LogP) is -0.588. The highest BCUT2D eigenvalue weighted by Gasteiger charge is 2.44. The van der Waals surface area contributed by atoms with E-state index in [9.17, 15) is 24.9 Å². The lowest BCUT2D eigenvalue weighted by Gasteiger charge is -2.18. The van der Waals surface area contributed by atoms with Crippen LogP contribution in [0.3, 0.4) is 0 Å². The molecule has 1 aliphatic rings. The van der Waals surface area contributed by atoms with Gasteiger partial charge in [0.25, 0.3) is 5.56 Å². The van der Waals surface area contributed by atoms with Crippen molar-refractivity contribution < 1.29 is 20.1 Å². The van der Waals surface area contributed by atoms with Gasteiger partial charge in [-0.1, -0.05) is 23.7 Å². The molecule has 0 radical (unpaired) electrons. The molecule has 28 heavy (non-hydrogen) atoms. The second-order valence-corrected chi connectivity index (χ2v) is 6.73. The second kappa shape index (κ2) is 7.08. The fraction of sp³-hybridized carbons (Fsp3) is 0.294. The van der Waals surface area contributed by atoms with Gasteiger partial charge in [0.05, 0.1) is 18.5 Å². The Balaban J connectivity index is 1.93. The quantitative estimate of drug-likeness (QED) is 0.450. The zero-order chi connectivity index (χ0) is 20.0. The molecule has 3 heterocycles. The first kappa shape index (κ1) is 18.7. The van der Waals surface area contributed by atoms with E-state index in [4.69, 9.17) is 16.3 Å². The van der Waals surface area contributed by atoms with Crippen LogP contribution in [-0.2, 0) is 4.74 Å². The Morgan fingerprint density at radius 2 is 1.89 bits per heavy atom. The van der Waals surface area contributed by atoms with Crippen molar-refractivity contribution in [1.29, 1.82) is 0 Å². The fourth-order valence-electron chi connectivity index (χ4n) is 3.11. The number of aliphatic hydroxyl groups excluding tert-OH is 3. The van der Waals surface area contributed by atoms with Gasteiger partial charge in [0.2, 0.25) is 0 Å². The van der Waals surface area contributed by atoms with Crippen molar-refractivity contribution in [1.82, 2.24) is 19.5 Å². The van der Waals surface area contributed by atoms with E-state index < -0.39 is 42.4 Å². The van der Waals surface area contributed by atoms with E-state index in [0.717, 1.165) is 4.57 Å². The topological polar surface area (TPSA) is 151 Å². The minimum atomic E-state index is -1.52. The Kier molecular flexibility index (Phi) is 4.73. The van der Waals surface area contributed by atoms with Gasteiger partial charge in [-0.05, 0) is 12.1 Å². The largest absolute Gasteiger partial charge is 0.394 e. The van der Waals surface area contributed by atoms with Gasteiger partial charge in [0.1, 0.15) is 18.3 Å². The summed E-state index contributed by atoms with van der Waals surface area (Å²) in [5.41, 5.74) is -0.923. The standard InChI is InChI=1S/C17H15ClN4O6/c18-8-3-1-7(2-4-8)9-5-19-11-14(20-9)22(17(27)21-15(11)26)16-13(25)12(24)10(6-23)28-16/h1-5,10,12-13,16,23-25H,6H2,(H,21,26,27)/t10-,12?,13?,16-/m0/s1. The molecule has 1 fully saturated rings. The molecule has 0 aliphatic carbocycles. The number of nitrogens with one attached hydrogen (secondary N) is 1. The molecule has 10 nitrogen and oxygen atoms in total. The van der Waals surface area contributed by atoms with Crippen molar-refractivity contribution in [2.45, 2.75) is 24.5 Å². The number of hydrogen-bond acceptors (Lipinski definition) is 8. The normalized spacial score (nSPS) is 24.7. The van der Waals surface area contributed by atoms with Crippen LogP contribution in [0, 0.1) is 0 Å². The first-order valence-electron chi connectivity index (χ1n) is 8.30. The van der Waals surface area contributed by atoms with Gasteiger partial charge in [-0.2, -0.15) is 0 Å². The zero-order valence-corrected chi connectivity index (χ0v) is 14.9. The third-order valence-electron chi connectivity index (χ3n) is 4.55. The first-order valence-corrected chi connectivity index (χ1v) is 8.68. The molecule has 1 saturated heterocycles. The maximum Gasteiger partial charge on any atom is 0.332 e. The number of aromatic nitrogens is 4. The number of fused-ring (bicyclic) bond motifs is 1. The molecule has 4 N–H and O–H groups in total. The second-order valence-electron chi connectivity index (χ2n) is 6.29. The average Bonchev–Trinajstić information content (AvgIpc) is 2.96. The van der Waals surface area contributed by atoms with Gasteiger partial charge in [0.15, 0.2) is 17.4 Å². The van der Waals surface area contributed by atoms with Crippen molar-refractivity contribution in [2.24, 2.45) is 0 Å². The summed E-state index contributed by atoms with van der Waals surface area (Å²) < 4.78 is 6.33. The van der Waals surface area contributed by atoms with Crippen LogP contribution in [0.25, 0.3) is 22.4 Å². The van der Waals surface area contributed by atoms with Crippen LogP contribution in [0.5, 0.6) is 0 Å². The van der Waals surface area contributed by atoms with Crippen LogP contribution in [0.2, 0.25) is 5.02 Å². The van der Waals surface area contributed by atoms with Gasteiger partial charge in [0, 0.05) is 10.6 Å². The Hall–Kier alpha value is -2.63. The molecule has 4 atom stereocenters. The highest BCUT2D eigenvalue weighted by molar-refractivity contribution is 6.30. The molecule has 2 unspecified atom stereocenters. The van der Waals surface area contributed by atoms with Gasteiger partial charge in [-0.25, -0.2) is 19.3 Å². The van der Waals surface area contributed by atoms with E-state index >= 15 is 0 Å². The lowest BCUT2D eigenvalue weighted by Crippen LogP contribution is -2.39. The number of halogens is 1. The van der Waals surface area contributed by atoms with E-state index in [1.807, 2.05) is 0 Å². The Labute approximate surface area is 161 Å². The van der Waals surface area contributed by atoms with Crippen LogP contribution < -0.4 is 11.2 Å². The first-order chi connectivity index (χ1) is 13.4. The van der Waals surface area contributed by atoms with Gasteiger partial charge in [-0.15, -0.1) is 0 Å². The zero-order valence-electron chi connectivity index (χ0n) is 14.2. The predicted molar refractivity (Wildman–Crippen MR) is 97.9 cm³/mol. The number of aromatic amines is 1. The summed E-state index contributed by atoms with van der Waals surface area (Å²) >= 11 is 5.89. The van der Waals surface area contributed by atoms with Gasteiger partial charge < -0.3 is 20.1 Å². The number of ether oxygens (including phenoxy) is 1. The van der Waals surface area contributed by atoms with E-state index in [0.29, 0.717) is 16.3 Å². The lowest BCUT2D eigenvalue weighted by atomic mass is 10.1. The molecule has 0 amide bonds. The molecule has 4 rings (SSSR count). The molecule has 2 aromatic heterocycles. The molecule has 1 aliphatic heterocycles. The molecular weight excluding hydrogens is 392 g/mol. The van der Waals surface area contributed by atoms with Crippen molar-refractivity contribution in [2.75, 3.05) is 6.61 Å². The Morgan fingerprint density at radius 3 is 2.54 bits per heavy atom. The van der Waals surface area contributed by atoms with E-state index in [2.05, 4.69) is 15.0 Å². The number of H-pyrrole nitrogens is 1. The highest BCUT2D eigenvalue weighted by Crippen LogP contribution is 2.30. The van der Waals surface area contributed by atoms with E-state index in [1.165, 1.54) is 6.20 Å². The number of aliphatic hydroxyl groups is 3. The number of benzene rings is 1. The maximum absolute atomic E-state index is 12.5. The summed E-state index contributed by atoms with van der Waals surface area (Å²) in [5.74, 6) is 0. The monoisotopic (exact) mass is 406 g/mol. The SMILES string of the molecule is O=c1[nH]c(=O)n([C@H]2O[C@@H](CO)C(O)C2O)c2nc(-c3ccc(Cl)cc3)cnc12. The summed E-state index contributed by atoms with van der Waals surface area (Å²) in [4.78, 5) is 35.1. The van der Waals surface area contributed by atoms with Crippen molar-refractivity contribution in [3.63, 3.8) is 0 Å². The van der Waals surface area contributed by atoms with E-state index in [-0.39, 0.29) is 11.2 Å². The number of rotatable bonds is 3. The smallest absolute Gasteiger partial charge is 0.332 e. The number of hydrogen-bond donors (Lipinski definition) is 4. The van der Waals surface area contributed by atoms with Crippen LogP contribution in [-0.4, -0.2) is 59.8 Å². The fourth-order valence-corrected chi connectivity index (χ4v) is 3.24. The number of nitrogens with zero attached hydrogens (tertiary/aromatic N) is 3. The van der Waals surface area contributed by atoms with Gasteiger partial charge >= 0.3 is 5.69 Å².